The van der Waals surface area contributed by atoms with Gasteiger partial charge < -0.3 is 14.4 Å². The van der Waals surface area contributed by atoms with Gasteiger partial charge in [0.2, 0.25) is 11.7 Å². The summed E-state index contributed by atoms with van der Waals surface area (Å²) < 4.78 is 10.5. The molecule has 1 aromatic heterocycles. The number of hydrogen-bond acceptors (Lipinski definition) is 5. The number of ether oxygens (including phenoxy) is 1. The van der Waals surface area contributed by atoms with Crippen LogP contribution >= 0.6 is 0 Å². The van der Waals surface area contributed by atoms with Gasteiger partial charge in [0, 0.05) is 13.5 Å². The predicted molar refractivity (Wildman–Crippen MR) is 63.5 cm³/mol. The molecule has 1 N–H and O–H groups in total. The van der Waals surface area contributed by atoms with Crippen LogP contribution in [-0.4, -0.2) is 28.5 Å². The monoisotopic (exact) mass is 242 g/mol. The van der Waals surface area contributed by atoms with Gasteiger partial charge in [-0.2, -0.15) is 4.98 Å². The first-order chi connectivity index (χ1) is 7.84. The second kappa shape index (κ2) is 5.60. The maximum absolute atomic E-state index is 9.19. The zero-order valence-corrected chi connectivity index (χ0v) is 11.2. The van der Waals surface area contributed by atoms with Crippen LogP contribution in [0.25, 0.3) is 0 Å². The van der Waals surface area contributed by atoms with E-state index in [0.29, 0.717) is 24.6 Å². The Kier molecular flexibility index (Phi) is 4.65. The lowest BCUT2D eigenvalue weighted by Crippen LogP contribution is -2.21. The number of aromatic nitrogens is 2. The zero-order chi connectivity index (χ0) is 13.1. The van der Waals surface area contributed by atoms with Crippen LogP contribution in [0.1, 0.15) is 51.9 Å². The van der Waals surface area contributed by atoms with Crippen LogP contribution in [0.2, 0.25) is 0 Å². The molecule has 0 aliphatic heterocycles. The predicted octanol–water partition coefficient (Wildman–Crippen LogP) is 2.12. The smallest absolute Gasteiger partial charge is 0.226 e. The number of methoxy groups -OCH3 is 1. The van der Waals surface area contributed by atoms with Crippen LogP contribution in [0.3, 0.4) is 0 Å². The zero-order valence-electron chi connectivity index (χ0n) is 11.2. The van der Waals surface area contributed by atoms with Crippen molar-refractivity contribution in [2.24, 2.45) is 5.41 Å². The van der Waals surface area contributed by atoms with Gasteiger partial charge in [-0.1, -0.05) is 25.9 Å². The molecule has 1 heterocycles. The number of aliphatic hydroxyl groups is 1. The molecule has 98 valence electrons. The fourth-order valence-electron chi connectivity index (χ4n) is 1.65. The minimum absolute atomic E-state index is 0.0832. The van der Waals surface area contributed by atoms with Crippen molar-refractivity contribution in [2.45, 2.75) is 52.7 Å². The summed E-state index contributed by atoms with van der Waals surface area (Å²) >= 11 is 0. The van der Waals surface area contributed by atoms with E-state index < -0.39 is 0 Å². The highest BCUT2D eigenvalue weighted by molar-refractivity contribution is 4.96. The lowest BCUT2D eigenvalue weighted by atomic mass is 9.88. The van der Waals surface area contributed by atoms with E-state index in [-0.39, 0.29) is 17.6 Å². The third kappa shape index (κ3) is 4.09. The maximum Gasteiger partial charge on any atom is 0.226 e. The van der Waals surface area contributed by atoms with Crippen LogP contribution in [0.5, 0.6) is 0 Å². The Morgan fingerprint density at radius 1 is 1.41 bits per heavy atom. The highest BCUT2D eigenvalue weighted by atomic mass is 16.5. The molecule has 1 rings (SSSR count). The van der Waals surface area contributed by atoms with Gasteiger partial charge >= 0.3 is 0 Å². The second-order valence-corrected chi connectivity index (χ2v) is 5.42. The summed E-state index contributed by atoms with van der Waals surface area (Å²) in [6.07, 6.45) is 0.665. The average Bonchev–Trinajstić information content (AvgIpc) is 2.62. The molecule has 1 aromatic rings. The Hall–Kier alpha value is -0.940. The van der Waals surface area contributed by atoms with Gasteiger partial charge in [-0.25, -0.2) is 0 Å². The lowest BCUT2D eigenvalue weighted by molar-refractivity contribution is 0.00718. The SMILES string of the molecule is COC(c1noc(CCC(C)O)n1)C(C)(C)C. The minimum atomic E-state index is -0.355. The molecule has 0 bridgehead atoms. The highest BCUT2D eigenvalue weighted by Crippen LogP contribution is 2.33. The molecule has 0 radical (unpaired) electrons. The summed E-state index contributed by atoms with van der Waals surface area (Å²) in [5.74, 6) is 1.12. The molecule has 17 heavy (non-hydrogen) atoms. The van der Waals surface area contributed by atoms with Gasteiger partial charge in [0.05, 0.1) is 6.10 Å². The highest BCUT2D eigenvalue weighted by Gasteiger charge is 2.30. The van der Waals surface area contributed by atoms with Crippen molar-refractivity contribution >= 4 is 0 Å². The van der Waals surface area contributed by atoms with Crippen molar-refractivity contribution < 1.29 is 14.4 Å². The number of nitrogens with zero attached hydrogens (tertiary/aromatic N) is 2. The quantitative estimate of drug-likeness (QED) is 0.856. The Morgan fingerprint density at radius 2 is 2.06 bits per heavy atom. The molecule has 0 aliphatic carbocycles. The first-order valence-electron chi connectivity index (χ1n) is 5.88. The molecule has 0 saturated carbocycles. The van der Waals surface area contributed by atoms with E-state index in [1.807, 2.05) is 0 Å². The topological polar surface area (TPSA) is 68.4 Å². The van der Waals surface area contributed by atoms with E-state index in [2.05, 4.69) is 30.9 Å². The molecule has 2 atom stereocenters. The van der Waals surface area contributed by atoms with Crippen LogP contribution < -0.4 is 0 Å². The second-order valence-electron chi connectivity index (χ2n) is 5.42. The van der Waals surface area contributed by atoms with Crippen LogP contribution in [0.4, 0.5) is 0 Å². The van der Waals surface area contributed by atoms with Crippen molar-refractivity contribution in [1.82, 2.24) is 10.1 Å². The molecule has 0 fully saturated rings. The number of aryl methyl sites for hydroxylation is 1. The summed E-state index contributed by atoms with van der Waals surface area (Å²) in [4.78, 5) is 4.31. The fraction of sp³-hybridized carbons (Fsp3) is 0.833. The minimum Gasteiger partial charge on any atom is -0.393 e. The molecule has 2 unspecified atom stereocenters. The van der Waals surface area contributed by atoms with Crippen molar-refractivity contribution in [2.75, 3.05) is 7.11 Å². The Labute approximate surface area is 102 Å². The summed E-state index contributed by atoms with van der Waals surface area (Å²) in [7, 11) is 1.64. The number of aliphatic hydroxyl groups excluding tert-OH is 1. The van der Waals surface area contributed by atoms with Crippen molar-refractivity contribution in [1.29, 1.82) is 0 Å². The first-order valence-corrected chi connectivity index (χ1v) is 5.88. The Bertz CT molecular complexity index is 342. The number of hydrogen-bond donors (Lipinski definition) is 1. The van der Waals surface area contributed by atoms with Crippen molar-refractivity contribution in [3.8, 4) is 0 Å². The summed E-state index contributed by atoms with van der Waals surface area (Å²) in [6, 6.07) is 0. The van der Waals surface area contributed by atoms with Gasteiger partial charge in [0.25, 0.3) is 0 Å². The largest absolute Gasteiger partial charge is 0.393 e. The van der Waals surface area contributed by atoms with E-state index in [9.17, 15) is 5.11 Å². The fourth-order valence-corrected chi connectivity index (χ4v) is 1.65. The van der Waals surface area contributed by atoms with Crippen molar-refractivity contribution in [3.63, 3.8) is 0 Å². The summed E-state index contributed by atoms with van der Waals surface area (Å²) in [5, 5.41) is 13.1. The summed E-state index contributed by atoms with van der Waals surface area (Å²) in [6.45, 7) is 7.93. The Balaban J connectivity index is 2.72. The maximum atomic E-state index is 9.19. The molecule has 0 saturated heterocycles. The van der Waals surface area contributed by atoms with Crippen LogP contribution in [-0.2, 0) is 11.2 Å². The van der Waals surface area contributed by atoms with Gasteiger partial charge in [0.15, 0.2) is 0 Å². The normalized spacial score (nSPS) is 15.9. The van der Waals surface area contributed by atoms with E-state index in [0.717, 1.165) is 0 Å². The van der Waals surface area contributed by atoms with E-state index in [1.54, 1.807) is 14.0 Å². The van der Waals surface area contributed by atoms with E-state index >= 15 is 0 Å². The first kappa shape index (κ1) is 14.1. The average molecular weight is 242 g/mol. The third-order valence-electron chi connectivity index (χ3n) is 2.52. The third-order valence-corrected chi connectivity index (χ3v) is 2.52. The van der Waals surface area contributed by atoms with Crippen molar-refractivity contribution in [3.05, 3.63) is 11.7 Å². The van der Waals surface area contributed by atoms with Gasteiger partial charge in [-0.05, 0) is 18.8 Å². The molecule has 0 aliphatic rings. The van der Waals surface area contributed by atoms with Gasteiger partial charge in [-0.3, -0.25) is 0 Å². The van der Waals surface area contributed by atoms with Gasteiger partial charge in [-0.15, -0.1) is 0 Å². The molecule has 0 aromatic carbocycles. The van der Waals surface area contributed by atoms with Crippen LogP contribution in [0.15, 0.2) is 4.52 Å². The molecule has 0 amide bonds. The van der Waals surface area contributed by atoms with Crippen LogP contribution in [0, 0.1) is 5.41 Å². The number of rotatable bonds is 5. The molecule has 0 spiro atoms. The lowest BCUT2D eigenvalue weighted by Gasteiger charge is -2.26. The molecular weight excluding hydrogens is 220 g/mol. The van der Waals surface area contributed by atoms with E-state index in [1.165, 1.54) is 0 Å². The Morgan fingerprint density at radius 3 is 2.53 bits per heavy atom. The summed E-state index contributed by atoms with van der Waals surface area (Å²) in [5.41, 5.74) is -0.0832. The van der Waals surface area contributed by atoms with Gasteiger partial charge in [0.1, 0.15) is 6.10 Å². The standard InChI is InChI=1S/C12H22N2O3/c1-8(15)6-7-9-13-11(14-17-9)10(16-5)12(2,3)4/h8,10,15H,6-7H2,1-5H3. The molecule has 5 nitrogen and oxygen atoms in total. The molecular formula is C12H22N2O3. The molecule has 5 heteroatoms. The van der Waals surface area contributed by atoms with E-state index in [4.69, 9.17) is 9.26 Å².